The van der Waals surface area contributed by atoms with E-state index in [2.05, 4.69) is 6.58 Å². The van der Waals surface area contributed by atoms with E-state index in [1.807, 2.05) is 0 Å². The number of ether oxygens (including phenoxy) is 2. The predicted octanol–water partition coefficient (Wildman–Crippen LogP) is 3.77. The number of rotatable bonds is 8. The van der Waals surface area contributed by atoms with E-state index in [-0.39, 0.29) is 19.8 Å². The Labute approximate surface area is 185 Å². The highest BCUT2D eigenvalue weighted by molar-refractivity contribution is 6.28. The van der Waals surface area contributed by atoms with Gasteiger partial charge in [0.05, 0.1) is 24.3 Å². The molecule has 0 saturated carbocycles. The topological polar surface area (TPSA) is 90.0 Å². The molecule has 0 radical (unpaired) electrons. The van der Waals surface area contributed by atoms with Crippen LogP contribution in [0.5, 0.6) is 0 Å². The lowest BCUT2D eigenvalue weighted by Crippen LogP contribution is -2.41. The number of nitrogens with zero attached hydrogens (tertiary/aromatic N) is 1. The van der Waals surface area contributed by atoms with Crippen molar-refractivity contribution >= 4 is 46.7 Å². The molecule has 164 valence electrons. The van der Waals surface area contributed by atoms with Crippen LogP contribution in [0.1, 0.15) is 45.7 Å². The zero-order valence-corrected chi connectivity index (χ0v) is 17.9. The first-order valence-electron chi connectivity index (χ1n) is 10.2. The van der Waals surface area contributed by atoms with Crippen molar-refractivity contribution in [2.75, 3.05) is 19.8 Å². The van der Waals surface area contributed by atoms with Crippen LogP contribution in [0.25, 0.3) is 22.9 Å². The van der Waals surface area contributed by atoms with Gasteiger partial charge in [0.2, 0.25) is 0 Å². The van der Waals surface area contributed by atoms with Gasteiger partial charge in [0.1, 0.15) is 0 Å². The van der Waals surface area contributed by atoms with Crippen molar-refractivity contribution in [1.82, 2.24) is 4.90 Å². The Kier molecular flexibility index (Phi) is 7.00. The molecule has 1 aliphatic rings. The van der Waals surface area contributed by atoms with Crippen molar-refractivity contribution < 1.29 is 28.7 Å². The van der Waals surface area contributed by atoms with E-state index < -0.39 is 23.8 Å². The fourth-order valence-corrected chi connectivity index (χ4v) is 3.54. The van der Waals surface area contributed by atoms with Gasteiger partial charge in [-0.05, 0) is 42.5 Å². The predicted molar refractivity (Wildman–Crippen MR) is 121 cm³/mol. The molecule has 0 fully saturated rings. The van der Waals surface area contributed by atoms with Crippen LogP contribution in [0.2, 0.25) is 0 Å². The highest BCUT2D eigenvalue weighted by Crippen LogP contribution is 2.35. The van der Waals surface area contributed by atoms with Gasteiger partial charge in [-0.15, -0.1) is 6.58 Å². The summed E-state index contributed by atoms with van der Waals surface area (Å²) in [5.74, 6) is -2.03. The van der Waals surface area contributed by atoms with Gasteiger partial charge in [0, 0.05) is 24.1 Å². The molecular weight excluding hydrogens is 410 g/mol. The molecule has 2 aromatic carbocycles. The van der Waals surface area contributed by atoms with Crippen molar-refractivity contribution in [2.24, 2.45) is 0 Å². The number of amides is 2. The first kappa shape index (κ1) is 22.7. The average Bonchev–Trinajstić information content (AvgIpc) is 2.77. The monoisotopic (exact) mass is 433 g/mol. The average molecular weight is 433 g/mol. The van der Waals surface area contributed by atoms with Crippen LogP contribution in [0.3, 0.4) is 0 Å². The number of imide groups is 1. The molecule has 1 heterocycles. The smallest absolute Gasteiger partial charge is 0.330 e. The van der Waals surface area contributed by atoms with Crippen molar-refractivity contribution in [3.63, 3.8) is 0 Å². The Hall–Kier alpha value is -4.00. The second-order valence-electron chi connectivity index (χ2n) is 6.84. The Bertz CT molecular complexity index is 1090. The third-order valence-electron chi connectivity index (χ3n) is 4.85. The molecule has 1 aliphatic heterocycles. The van der Waals surface area contributed by atoms with Crippen molar-refractivity contribution in [2.45, 2.75) is 13.8 Å². The Morgan fingerprint density at radius 1 is 0.875 bits per heavy atom. The molecule has 0 spiro atoms. The highest BCUT2D eigenvalue weighted by atomic mass is 16.5. The number of benzene rings is 2. The first-order chi connectivity index (χ1) is 15.4. The number of hydrogen-bond donors (Lipinski definition) is 0. The third kappa shape index (κ3) is 4.37. The van der Waals surface area contributed by atoms with Crippen molar-refractivity contribution in [1.29, 1.82) is 0 Å². The van der Waals surface area contributed by atoms with Crippen LogP contribution in [-0.4, -0.2) is 48.4 Å². The molecule has 2 aromatic rings. The van der Waals surface area contributed by atoms with Crippen LogP contribution >= 0.6 is 0 Å². The van der Waals surface area contributed by atoms with E-state index in [0.29, 0.717) is 33.0 Å². The Morgan fingerprint density at radius 2 is 1.34 bits per heavy atom. The molecule has 3 rings (SSSR count). The molecular formula is C25H23NO6. The third-order valence-corrected chi connectivity index (χ3v) is 4.85. The zero-order chi connectivity index (χ0) is 23.3. The molecule has 0 N–H and O–H groups in total. The van der Waals surface area contributed by atoms with Gasteiger partial charge in [-0.2, -0.15) is 0 Å². The maximum Gasteiger partial charge on any atom is 0.330 e. The number of carbonyl (C=O) groups is 4. The van der Waals surface area contributed by atoms with E-state index in [4.69, 9.17) is 9.47 Å². The van der Waals surface area contributed by atoms with Crippen LogP contribution in [0.4, 0.5) is 0 Å². The van der Waals surface area contributed by atoms with E-state index in [1.54, 1.807) is 38.1 Å². The van der Waals surface area contributed by atoms with Crippen molar-refractivity contribution in [3.8, 4) is 0 Å². The molecule has 0 atom stereocenters. The lowest BCUT2D eigenvalue weighted by atomic mass is 9.87. The second kappa shape index (κ2) is 9.87. The summed E-state index contributed by atoms with van der Waals surface area (Å²) in [4.78, 5) is 51.2. The molecule has 0 bridgehead atoms. The summed E-state index contributed by atoms with van der Waals surface area (Å²) in [6, 6.07) is 6.97. The molecule has 2 amide bonds. The van der Waals surface area contributed by atoms with Crippen LogP contribution in [0.15, 0.2) is 49.1 Å². The molecule has 0 unspecified atom stereocenters. The maximum absolute atomic E-state index is 13.3. The van der Waals surface area contributed by atoms with Crippen molar-refractivity contribution in [3.05, 3.63) is 71.3 Å². The quantitative estimate of drug-likeness (QED) is 0.272. The normalized spacial score (nSPS) is 13.2. The van der Waals surface area contributed by atoms with Gasteiger partial charge < -0.3 is 9.47 Å². The summed E-state index contributed by atoms with van der Waals surface area (Å²) in [6.45, 7) is 7.52. The Balaban J connectivity index is 2.25. The van der Waals surface area contributed by atoms with E-state index in [0.717, 1.165) is 4.90 Å². The fraction of sp³-hybridized carbons (Fsp3) is 0.200. The van der Waals surface area contributed by atoms with E-state index in [1.165, 1.54) is 30.4 Å². The van der Waals surface area contributed by atoms with Crippen LogP contribution < -0.4 is 0 Å². The van der Waals surface area contributed by atoms with E-state index >= 15 is 0 Å². The minimum absolute atomic E-state index is 0.0183. The van der Waals surface area contributed by atoms with Gasteiger partial charge >= 0.3 is 11.9 Å². The molecule has 0 aliphatic carbocycles. The molecule has 0 aromatic heterocycles. The minimum atomic E-state index is -0.534. The summed E-state index contributed by atoms with van der Waals surface area (Å²) in [7, 11) is 0. The van der Waals surface area contributed by atoms with Gasteiger partial charge in [-0.1, -0.05) is 30.3 Å². The SMILES string of the molecule is C=CCN1C(=O)c2c(/C=C/C(=O)OCC)ccc3ccc(/C=C/C(=O)OCC)c(c23)C1=O. The zero-order valence-electron chi connectivity index (χ0n) is 17.9. The summed E-state index contributed by atoms with van der Waals surface area (Å²) in [5, 5.41) is 1.16. The fourth-order valence-electron chi connectivity index (χ4n) is 3.54. The van der Waals surface area contributed by atoms with Crippen LogP contribution in [0, 0.1) is 0 Å². The van der Waals surface area contributed by atoms with Gasteiger partial charge in [-0.25, -0.2) is 9.59 Å². The Morgan fingerprint density at radius 3 is 1.75 bits per heavy atom. The molecule has 7 nitrogen and oxygen atoms in total. The largest absolute Gasteiger partial charge is 0.463 e. The second-order valence-corrected chi connectivity index (χ2v) is 6.84. The first-order valence-corrected chi connectivity index (χ1v) is 10.2. The van der Waals surface area contributed by atoms with Gasteiger partial charge in [-0.3, -0.25) is 14.5 Å². The minimum Gasteiger partial charge on any atom is -0.463 e. The van der Waals surface area contributed by atoms with Gasteiger partial charge in [0.15, 0.2) is 0 Å². The standard InChI is InChI=1S/C25H23NO6/c1-4-15-26-24(29)22-17(11-13-19(27)31-5-2)9-7-16-8-10-18(12-14-20(28)32-6-3)23(21(16)22)25(26)30/h4,7-14H,1,5-6,15H2,2-3H3/b13-11+,14-12+. The molecule has 0 saturated heterocycles. The summed E-state index contributed by atoms with van der Waals surface area (Å²) < 4.78 is 9.84. The van der Waals surface area contributed by atoms with E-state index in [9.17, 15) is 19.2 Å². The summed E-state index contributed by atoms with van der Waals surface area (Å²) in [5.41, 5.74) is 1.55. The highest BCUT2D eigenvalue weighted by Gasteiger charge is 2.35. The number of carbonyl (C=O) groups excluding carboxylic acids is 4. The summed E-state index contributed by atoms with van der Waals surface area (Å²) >= 11 is 0. The molecule has 7 heteroatoms. The number of hydrogen-bond acceptors (Lipinski definition) is 6. The summed E-state index contributed by atoms with van der Waals surface area (Å²) in [6.07, 6.45) is 6.95. The molecule has 32 heavy (non-hydrogen) atoms. The lowest BCUT2D eigenvalue weighted by Gasteiger charge is -2.28. The van der Waals surface area contributed by atoms with Gasteiger partial charge in [0.25, 0.3) is 11.8 Å². The maximum atomic E-state index is 13.3. The van der Waals surface area contributed by atoms with Crippen LogP contribution in [-0.2, 0) is 19.1 Å². The lowest BCUT2D eigenvalue weighted by molar-refractivity contribution is -0.138. The number of esters is 2.